The van der Waals surface area contributed by atoms with E-state index in [2.05, 4.69) is 38.2 Å². The Morgan fingerprint density at radius 3 is 0.937 bits per heavy atom. The Balaban J connectivity index is 3.41. The highest BCUT2D eigenvalue weighted by Crippen LogP contribution is 2.17. The summed E-state index contributed by atoms with van der Waals surface area (Å²) in [4.78, 5) is 24.5. The summed E-state index contributed by atoms with van der Waals surface area (Å²) in [6.07, 6.45) is 68.7. The fourth-order valence-electron chi connectivity index (χ4n) is 8.71. The number of esters is 2. The van der Waals surface area contributed by atoms with Gasteiger partial charge < -0.3 is 14.6 Å². The van der Waals surface area contributed by atoms with Gasteiger partial charge in [-0.05, 0) is 44.9 Å². The number of allylic oxidation sites excluding steroid dienone is 4. The maximum absolute atomic E-state index is 12.3. The van der Waals surface area contributed by atoms with E-state index in [-0.39, 0.29) is 25.2 Å². The topological polar surface area (TPSA) is 72.8 Å². The standard InChI is InChI=1S/C58H110O5/c1-3-5-7-9-11-13-15-17-19-21-23-24-25-26-27-28-29-30-31-32-33-34-35-37-39-41-43-45-47-49-51-53-58(61)63-56(54-59)55-62-57(60)52-50-48-46-44-42-40-38-36-22-20-18-16-14-12-10-8-6-4-2/h15,17,21,23,56,59H,3-14,16,18-20,22,24-55H2,1-2H3/b17-15-,23-21-. The summed E-state index contributed by atoms with van der Waals surface area (Å²) in [6.45, 7) is 4.18. The maximum Gasteiger partial charge on any atom is 0.306 e. The van der Waals surface area contributed by atoms with E-state index in [1.54, 1.807) is 0 Å². The van der Waals surface area contributed by atoms with Crippen LogP contribution >= 0.6 is 0 Å². The minimum absolute atomic E-state index is 0.0584. The lowest BCUT2D eigenvalue weighted by molar-refractivity contribution is -0.161. The van der Waals surface area contributed by atoms with Gasteiger partial charge in [-0.1, -0.05) is 282 Å². The van der Waals surface area contributed by atoms with E-state index in [0.29, 0.717) is 12.8 Å². The number of aliphatic hydroxyl groups excluding tert-OH is 1. The summed E-state index contributed by atoms with van der Waals surface area (Å²) in [5.74, 6) is -0.569. The van der Waals surface area contributed by atoms with E-state index in [1.165, 1.54) is 250 Å². The first-order valence-electron chi connectivity index (χ1n) is 28.4. The fraction of sp³-hybridized carbons (Fsp3) is 0.897. The molecule has 5 heteroatoms. The molecular weight excluding hydrogens is 777 g/mol. The quantitative estimate of drug-likeness (QED) is 0.0374. The second-order valence-corrected chi connectivity index (χ2v) is 19.4. The van der Waals surface area contributed by atoms with Crippen molar-refractivity contribution in [3.8, 4) is 0 Å². The molecule has 0 rings (SSSR count). The Morgan fingerprint density at radius 1 is 0.365 bits per heavy atom. The van der Waals surface area contributed by atoms with Crippen LogP contribution in [0.4, 0.5) is 0 Å². The molecule has 0 radical (unpaired) electrons. The number of hydrogen-bond donors (Lipinski definition) is 1. The lowest BCUT2D eigenvalue weighted by atomic mass is 10.0. The summed E-state index contributed by atoms with van der Waals surface area (Å²) in [5, 5.41) is 9.64. The van der Waals surface area contributed by atoms with Crippen LogP contribution in [0, 0.1) is 0 Å². The number of aliphatic hydroxyl groups is 1. The summed E-state index contributed by atoms with van der Waals surface area (Å²) in [5.41, 5.74) is 0. The smallest absolute Gasteiger partial charge is 0.306 e. The Bertz CT molecular complexity index is 959. The molecule has 0 aromatic heterocycles. The average molecular weight is 888 g/mol. The van der Waals surface area contributed by atoms with Gasteiger partial charge in [0.15, 0.2) is 6.10 Å². The van der Waals surface area contributed by atoms with Crippen molar-refractivity contribution in [3.63, 3.8) is 0 Å². The maximum atomic E-state index is 12.3. The molecule has 372 valence electrons. The SMILES string of the molecule is CCCCCCC/C=C\C/C=C\CCCCCCCCCCCCCCCCCCCCCC(=O)OC(CO)COC(=O)CCCCCCCCCCCCCCCCCCCC. The predicted octanol–water partition coefficient (Wildman–Crippen LogP) is 18.9. The van der Waals surface area contributed by atoms with Crippen LogP contribution in [-0.2, 0) is 19.1 Å². The summed E-state index contributed by atoms with van der Waals surface area (Å²) >= 11 is 0. The minimum Gasteiger partial charge on any atom is -0.462 e. The molecule has 0 aliphatic heterocycles. The normalized spacial score (nSPS) is 12.2. The molecule has 63 heavy (non-hydrogen) atoms. The van der Waals surface area contributed by atoms with Crippen molar-refractivity contribution in [1.82, 2.24) is 0 Å². The van der Waals surface area contributed by atoms with Crippen molar-refractivity contribution >= 4 is 11.9 Å². The molecular formula is C58H110O5. The second kappa shape index (κ2) is 54.7. The lowest BCUT2D eigenvalue weighted by Gasteiger charge is -2.15. The molecule has 0 aromatic carbocycles. The van der Waals surface area contributed by atoms with Crippen molar-refractivity contribution in [2.45, 2.75) is 322 Å². The highest BCUT2D eigenvalue weighted by Gasteiger charge is 2.16. The third-order valence-electron chi connectivity index (χ3n) is 13.0. The summed E-state index contributed by atoms with van der Waals surface area (Å²) < 4.78 is 10.7. The molecule has 0 amide bonds. The van der Waals surface area contributed by atoms with Crippen LogP contribution in [0.5, 0.6) is 0 Å². The summed E-state index contributed by atoms with van der Waals surface area (Å²) in [6, 6.07) is 0. The van der Waals surface area contributed by atoms with Gasteiger partial charge in [0, 0.05) is 12.8 Å². The third-order valence-corrected chi connectivity index (χ3v) is 13.0. The molecule has 0 aromatic rings. The molecule has 0 saturated carbocycles. The zero-order chi connectivity index (χ0) is 45.6. The molecule has 5 nitrogen and oxygen atoms in total. The molecule has 1 atom stereocenters. The lowest BCUT2D eigenvalue weighted by Crippen LogP contribution is -2.28. The Kier molecular flexibility index (Phi) is 53.3. The zero-order valence-corrected chi connectivity index (χ0v) is 42.6. The van der Waals surface area contributed by atoms with Crippen LogP contribution in [0.3, 0.4) is 0 Å². The summed E-state index contributed by atoms with van der Waals surface area (Å²) in [7, 11) is 0. The highest BCUT2D eigenvalue weighted by atomic mass is 16.6. The largest absolute Gasteiger partial charge is 0.462 e. The highest BCUT2D eigenvalue weighted by molar-refractivity contribution is 5.70. The average Bonchev–Trinajstić information content (AvgIpc) is 3.29. The number of ether oxygens (including phenoxy) is 2. The van der Waals surface area contributed by atoms with Gasteiger partial charge in [0.25, 0.3) is 0 Å². The molecule has 0 saturated heterocycles. The van der Waals surface area contributed by atoms with Crippen LogP contribution in [0.15, 0.2) is 24.3 Å². The van der Waals surface area contributed by atoms with E-state index in [9.17, 15) is 14.7 Å². The Hall–Kier alpha value is -1.62. The van der Waals surface area contributed by atoms with Gasteiger partial charge in [-0.15, -0.1) is 0 Å². The van der Waals surface area contributed by atoms with Crippen molar-refractivity contribution < 1.29 is 24.2 Å². The zero-order valence-electron chi connectivity index (χ0n) is 42.6. The van der Waals surface area contributed by atoms with E-state index >= 15 is 0 Å². The van der Waals surface area contributed by atoms with E-state index in [0.717, 1.165) is 38.5 Å². The van der Waals surface area contributed by atoms with Crippen molar-refractivity contribution in [2.24, 2.45) is 0 Å². The first kappa shape index (κ1) is 61.4. The van der Waals surface area contributed by atoms with Gasteiger partial charge in [0.1, 0.15) is 6.61 Å². The van der Waals surface area contributed by atoms with E-state index in [4.69, 9.17) is 9.47 Å². The van der Waals surface area contributed by atoms with Crippen LogP contribution < -0.4 is 0 Å². The number of unbranched alkanes of at least 4 members (excludes halogenated alkanes) is 41. The van der Waals surface area contributed by atoms with Gasteiger partial charge in [-0.25, -0.2) is 0 Å². The number of rotatable bonds is 53. The molecule has 1 unspecified atom stereocenters. The molecule has 0 spiro atoms. The van der Waals surface area contributed by atoms with E-state index in [1.807, 2.05) is 0 Å². The number of hydrogen-bond acceptors (Lipinski definition) is 5. The molecule has 0 fully saturated rings. The molecule has 0 aliphatic carbocycles. The van der Waals surface area contributed by atoms with Gasteiger partial charge in [0.2, 0.25) is 0 Å². The van der Waals surface area contributed by atoms with Gasteiger partial charge in [-0.2, -0.15) is 0 Å². The van der Waals surface area contributed by atoms with Crippen LogP contribution in [0.2, 0.25) is 0 Å². The fourth-order valence-corrected chi connectivity index (χ4v) is 8.71. The van der Waals surface area contributed by atoms with Gasteiger partial charge in [-0.3, -0.25) is 9.59 Å². The monoisotopic (exact) mass is 887 g/mol. The van der Waals surface area contributed by atoms with Crippen LogP contribution in [-0.4, -0.2) is 36.4 Å². The Labute approximate surface area is 394 Å². The molecule has 0 bridgehead atoms. The molecule has 0 aliphatic rings. The van der Waals surface area contributed by atoms with Crippen LogP contribution in [0.1, 0.15) is 316 Å². The van der Waals surface area contributed by atoms with Crippen molar-refractivity contribution in [3.05, 3.63) is 24.3 Å². The predicted molar refractivity (Wildman–Crippen MR) is 275 cm³/mol. The van der Waals surface area contributed by atoms with Crippen molar-refractivity contribution in [1.29, 1.82) is 0 Å². The van der Waals surface area contributed by atoms with Crippen LogP contribution in [0.25, 0.3) is 0 Å². The molecule has 0 heterocycles. The second-order valence-electron chi connectivity index (χ2n) is 19.4. The third kappa shape index (κ3) is 52.9. The minimum atomic E-state index is -0.766. The van der Waals surface area contributed by atoms with Gasteiger partial charge in [0.05, 0.1) is 6.61 Å². The Morgan fingerprint density at radius 2 is 0.635 bits per heavy atom. The number of carbonyl (C=O) groups excluding carboxylic acids is 2. The molecule has 1 N–H and O–H groups in total. The first-order chi connectivity index (χ1) is 31.1. The number of carbonyl (C=O) groups is 2. The first-order valence-corrected chi connectivity index (χ1v) is 28.4. The van der Waals surface area contributed by atoms with E-state index < -0.39 is 6.10 Å². The van der Waals surface area contributed by atoms with Crippen molar-refractivity contribution in [2.75, 3.05) is 13.2 Å². The van der Waals surface area contributed by atoms with Gasteiger partial charge >= 0.3 is 11.9 Å².